The summed E-state index contributed by atoms with van der Waals surface area (Å²) in [6.07, 6.45) is 3.94. The van der Waals surface area contributed by atoms with Crippen molar-refractivity contribution in [3.05, 3.63) is 158 Å². The molecule has 0 spiro atoms. The first-order valence-corrected chi connectivity index (χ1v) is 15.0. The first-order chi connectivity index (χ1) is 18.9. The number of hydrogen-bond acceptors (Lipinski definition) is 1. The van der Waals surface area contributed by atoms with E-state index in [9.17, 15) is 0 Å². The number of nitrogens with zero attached hydrogens (tertiary/aromatic N) is 2. The number of para-hydroxylation sites is 2. The number of rotatable bonds is 5. The van der Waals surface area contributed by atoms with Gasteiger partial charge in [0.15, 0.2) is 8.07 Å². The SMILES string of the molecule is c1ccc(-n2c3ccccc3c3ccc([Si](c4ccccc4)(c4ccccc4)c4cccnc4)cc32)cc1. The van der Waals surface area contributed by atoms with Crippen molar-refractivity contribution in [3.63, 3.8) is 0 Å². The fourth-order valence-electron chi connectivity index (χ4n) is 6.02. The van der Waals surface area contributed by atoms with E-state index in [4.69, 9.17) is 0 Å². The molecule has 5 aromatic carbocycles. The molecular formula is C35H26N2Si. The van der Waals surface area contributed by atoms with Crippen molar-refractivity contribution < 1.29 is 0 Å². The third-order valence-electron chi connectivity index (χ3n) is 7.63. The lowest BCUT2D eigenvalue weighted by molar-refractivity contribution is 1.18. The third-order valence-corrected chi connectivity index (χ3v) is 12.4. The third kappa shape index (κ3) is 3.44. The molecule has 0 atom stereocenters. The number of aromatic nitrogens is 2. The van der Waals surface area contributed by atoms with Gasteiger partial charge in [-0.3, -0.25) is 4.98 Å². The summed E-state index contributed by atoms with van der Waals surface area (Å²) in [6, 6.07) is 52.9. The van der Waals surface area contributed by atoms with Crippen molar-refractivity contribution in [1.82, 2.24) is 9.55 Å². The quantitative estimate of drug-likeness (QED) is 0.223. The second-order valence-corrected chi connectivity index (χ2v) is 13.5. The Morgan fingerprint density at radius 3 is 1.68 bits per heavy atom. The largest absolute Gasteiger partial charge is 0.309 e. The summed E-state index contributed by atoms with van der Waals surface area (Å²) in [7, 11) is -2.67. The van der Waals surface area contributed by atoms with Crippen molar-refractivity contribution in [2.24, 2.45) is 0 Å². The van der Waals surface area contributed by atoms with E-state index < -0.39 is 8.07 Å². The molecule has 0 aliphatic carbocycles. The van der Waals surface area contributed by atoms with E-state index >= 15 is 0 Å². The minimum atomic E-state index is -2.67. The zero-order chi connectivity index (χ0) is 25.4. The smallest absolute Gasteiger partial charge is 0.181 e. The number of pyridine rings is 1. The maximum Gasteiger partial charge on any atom is 0.181 e. The molecule has 0 radical (unpaired) electrons. The van der Waals surface area contributed by atoms with Gasteiger partial charge in [-0.25, -0.2) is 0 Å². The Balaban J connectivity index is 1.63. The van der Waals surface area contributed by atoms with Crippen molar-refractivity contribution >= 4 is 50.6 Å². The average molecular weight is 503 g/mol. The van der Waals surface area contributed by atoms with Gasteiger partial charge in [0.2, 0.25) is 0 Å². The van der Waals surface area contributed by atoms with E-state index in [2.05, 4.69) is 161 Å². The molecule has 0 saturated heterocycles. The maximum absolute atomic E-state index is 4.62. The monoisotopic (exact) mass is 502 g/mol. The van der Waals surface area contributed by atoms with Crippen LogP contribution in [-0.2, 0) is 0 Å². The van der Waals surface area contributed by atoms with Gasteiger partial charge in [0.1, 0.15) is 0 Å². The predicted molar refractivity (Wildman–Crippen MR) is 162 cm³/mol. The Kier molecular flexibility index (Phi) is 5.49. The lowest BCUT2D eigenvalue weighted by Gasteiger charge is -2.34. The molecule has 0 unspecified atom stereocenters. The zero-order valence-electron chi connectivity index (χ0n) is 20.9. The van der Waals surface area contributed by atoms with Gasteiger partial charge >= 0.3 is 0 Å². The van der Waals surface area contributed by atoms with E-state index in [0.717, 1.165) is 0 Å². The van der Waals surface area contributed by atoms with Crippen LogP contribution in [0.3, 0.4) is 0 Å². The molecule has 0 fully saturated rings. The predicted octanol–water partition coefficient (Wildman–Crippen LogP) is 5.56. The van der Waals surface area contributed by atoms with Gasteiger partial charge in [0.05, 0.1) is 11.0 Å². The minimum Gasteiger partial charge on any atom is -0.309 e. The van der Waals surface area contributed by atoms with Gasteiger partial charge in [0, 0.05) is 28.9 Å². The highest BCUT2D eigenvalue weighted by atomic mass is 28.3. The van der Waals surface area contributed by atoms with Crippen LogP contribution in [0.4, 0.5) is 0 Å². The van der Waals surface area contributed by atoms with Crippen LogP contribution in [0.1, 0.15) is 0 Å². The fraction of sp³-hybridized carbons (Fsp3) is 0. The molecule has 180 valence electrons. The Hall–Kier alpha value is -4.73. The second kappa shape index (κ2) is 9.29. The van der Waals surface area contributed by atoms with Gasteiger partial charge in [-0.15, -0.1) is 0 Å². The standard InChI is InChI=1S/C35H26N2Si/c1-4-13-27(14-5-1)37-34-21-11-10-20-32(34)33-23-22-30(25-35(33)37)38(28-15-6-2-7-16-28,29-17-8-3-9-18-29)31-19-12-24-36-26-31/h1-26H. The Morgan fingerprint density at radius 2 is 1.03 bits per heavy atom. The van der Waals surface area contributed by atoms with Crippen molar-refractivity contribution in [1.29, 1.82) is 0 Å². The van der Waals surface area contributed by atoms with Gasteiger partial charge in [0.25, 0.3) is 0 Å². The number of fused-ring (bicyclic) bond motifs is 3. The molecule has 2 heterocycles. The highest BCUT2D eigenvalue weighted by molar-refractivity contribution is 7.19. The summed E-state index contributed by atoms with van der Waals surface area (Å²) in [4.78, 5) is 4.62. The molecule has 0 aliphatic rings. The summed E-state index contributed by atoms with van der Waals surface area (Å²) in [5, 5.41) is 7.85. The summed E-state index contributed by atoms with van der Waals surface area (Å²) in [6.45, 7) is 0. The van der Waals surface area contributed by atoms with E-state index in [-0.39, 0.29) is 0 Å². The fourth-order valence-corrected chi connectivity index (χ4v) is 10.7. The summed E-state index contributed by atoms with van der Waals surface area (Å²) in [5.41, 5.74) is 3.62. The Bertz CT molecular complexity index is 1750. The summed E-state index contributed by atoms with van der Waals surface area (Å²) >= 11 is 0. The topological polar surface area (TPSA) is 17.8 Å². The summed E-state index contributed by atoms with van der Waals surface area (Å²) in [5.74, 6) is 0. The van der Waals surface area contributed by atoms with E-state index in [1.54, 1.807) is 0 Å². The molecule has 2 nitrogen and oxygen atoms in total. The molecule has 0 bridgehead atoms. The lowest BCUT2D eigenvalue weighted by atomic mass is 10.1. The van der Waals surface area contributed by atoms with Crippen LogP contribution < -0.4 is 20.7 Å². The molecule has 3 heteroatoms. The Labute approximate surface area is 223 Å². The first kappa shape index (κ1) is 22.5. The molecule has 2 aromatic heterocycles. The highest BCUT2D eigenvalue weighted by Gasteiger charge is 2.41. The van der Waals surface area contributed by atoms with Gasteiger partial charge in [-0.1, -0.05) is 115 Å². The van der Waals surface area contributed by atoms with Crippen LogP contribution in [0, 0.1) is 0 Å². The lowest BCUT2D eigenvalue weighted by Crippen LogP contribution is -2.74. The van der Waals surface area contributed by atoms with Crippen LogP contribution in [-0.4, -0.2) is 17.6 Å². The van der Waals surface area contributed by atoms with Crippen LogP contribution in [0.5, 0.6) is 0 Å². The molecule has 7 rings (SSSR count). The molecule has 38 heavy (non-hydrogen) atoms. The van der Waals surface area contributed by atoms with E-state index in [0.29, 0.717) is 0 Å². The van der Waals surface area contributed by atoms with Crippen LogP contribution in [0.2, 0.25) is 0 Å². The highest BCUT2D eigenvalue weighted by Crippen LogP contribution is 2.31. The maximum atomic E-state index is 4.62. The van der Waals surface area contributed by atoms with Crippen molar-refractivity contribution in [3.8, 4) is 5.69 Å². The van der Waals surface area contributed by atoms with Crippen molar-refractivity contribution in [2.75, 3.05) is 0 Å². The second-order valence-electron chi connectivity index (χ2n) is 9.64. The van der Waals surface area contributed by atoms with Gasteiger partial charge in [-0.2, -0.15) is 0 Å². The average Bonchev–Trinajstić information content (AvgIpc) is 3.33. The normalized spacial score (nSPS) is 11.7. The molecule has 7 aromatic rings. The summed E-state index contributed by atoms with van der Waals surface area (Å²) < 4.78 is 2.41. The minimum absolute atomic E-state index is 1.17. The number of hydrogen-bond donors (Lipinski definition) is 0. The molecular weight excluding hydrogens is 476 g/mol. The molecule has 0 amide bonds. The molecule has 0 saturated carbocycles. The Morgan fingerprint density at radius 1 is 0.447 bits per heavy atom. The molecule has 0 aliphatic heterocycles. The first-order valence-electron chi connectivity index (χ1n) is 13.0. The van der Waals surface area contributed by atoms with Crippen LogP contribution in [0.25, 0.3) is 27.5 Å². The van der Waals surface area contributed by atoms with Gasteiger partial charge < -0.3 is 4.57 Å². The van der Waals surface area contributed by atoms with E-state index in [1.807, 2.05) is 6.20 Å². The van der Waals surface area contributed by atoms with Crippen LogP contribution >= 0.6 is 0 Å². The van der Waals surface area contributed by atoms with E-state index in [1.165, 1.54) is 48.2 Å². The van der Waals surface area contributed by atoms with Crippen LogP contribution in [0.15, 0.2) is 158 Å². The van der Waals surface area contributed by atoms with Gasteiger partial charge in [-0.05, 0) is 51.1 Å². The van der Waals surface area contributed by atoms with Crippen molar-refractivity contribution in [2.45, 2.75) is 0 Å². The number of benzene rings is 5. The molecule has 0 N–H and O–H groups in total. The zero-order valence-corrected chi connectivity index (χ0v) is 21.9.